The van der Waals surface area contributed by atoms with Crippen LogP contribution < -0.4 is 10.6 Å². The Balaban J connectivity index is 2.10. The van der Waals surface area contributed by atoms with E-state index in [1.54, 1.807) is 6.92 Å². The number of rotatable bonds is 8. The number of anilines is 1. The van der Waals surface area contributed by atoms with Crippen molar-refractivity contribution in [3.8, 4) is 0 Å². The summed E-state index contributed by atoms with van der Waals surface area (Å²) in [5.41, 5.74) is 1.25. The van der Waals surface area contributed by atoms with E-state index in [2.05, 4.69) is 15.4 Å². The van der Waals surface area contributed by atoms with Gasteiger partial charge in [-0.25, -0.2) is 0 Å². The molecule has 1 unspecified atom stereocenters. The van der Waals surface area contributed by atoms with Gasteiger partial charge in [-0.2, -0.15) is 0 Å². The van der Waals surface area contributed by atoms with Gasteiger partial charge in [-0.05, 0) is 24.6 Å². The minimum Gasteiger partial charge on any atom is -0.469 e. The van der Waals surface area contributed by atoms with E-state index in [9.17, 15) is 19.7 Å². The van der Waals surface area contributed by atoms with E-state index >= 15 is 0 Å². The van der Waals surface area contributed by atoms with Crippen LogP contribution in [-0.2, 0) is 16.1 Å². The summed E-state index contributed by atoms with van der Waals surface area (Å²) in [7, 11) is 1.27. The third-order valence-corrected chi connectivity index (χ3v) is 3.86. The van der Waals surface area contributed by atoms with E-state index in [1.807, 2.05) is 30.3 Å². The molecule has 2 rings (SSSR count). The van der Waals surface area contributed by atoms with Crippen LogP contribution in [0.15, 0.2) is 48.5 Å². The van der Waals surface area contributed by atoms with Gasteiger partial charge in [-0.1, -0.05) is 30.3 Å². The van der Waals surface area contributed by atoms with Gasteiger partial charge < -0.3 is 15.4 Å². The van der Waals surface area contributed by atoms with Gasteiger partial charge in [0, 0.05) is 24.2 Å². The van der Waals surface area contributed by atoms with Crippen LogP contribution in [0.3, 0.4) is 0 Å². The Labute approximate surface area is 156 Å². The van der Waals surface area contributed by atoms with E-state index in [1.165, 1.54) is 25.3 Å². The van der Waals surface area contributed by atoms with Crippen molar-refractivity contribution in [2.24, 2.45) is 0 Å². The second kappa shape index (κ2) is 9.33. The lowest BCUT2D eigenvalue weighted by atomic mass is 10.1. The Hall–Kier alpha value is -3.42. The van der Waals surface area contributed by atoms with Crippen LogP contribution in [-0.4, -0.2) is 30.0 Å². The zero-order valence-corrected chi connectivity index (χ0v) is 15.1. The van der Waals surface area contributed by atoms with Crippen LogP contribution in [0.2, 0.25) is 0 Å². The number of ether oxygens (including phenoxy) is 1. The summed E-state index contributed by atoms with van der Waals surface area (Å²) < 4.78 is 4.55. The molecular weight excluding hydrogens is 350 g/mol. The standard InChI is InChI=1S/C19H21N3O5/c1-13(10-18(23)27-2)21-19(24)15-8-9-16(17(11-15)22(25)26)20-12-14-6-4-3-5-7-14/h3-9,11,13,20H,10,12H2,1-2H3,(H,21,24). The zero-order chi connectivity index (χ0) is 19.8. The maximum absolute atomic E-state index is 12.3. The number of hydrogen-bond acceptors (Lipinski definition) is 6. The second-order valence-corrected chi connectivity index (χ2v) is 5.98. The molecule has 27 heavy (non-hydrogen) atoms. The number of esters is 1. The predicted molar refractivity (Wildman–Crippen MR) is 100 cm³/mol. The Morgan fingerprint density at radius 1 is 1.19 bits per heavy atom. The van der Waals surface area contributed by atoms with E-state index in [-0.39, 0.29) is 17.7 Å². The fourth-order valence-electron chi connectivity index (χ4n) is 2.46. The third kappa shape index (κ3) is 5.81. The molecule has 2 N–H and O–H groups in total. The highest BCUT2D eigenvalue weighted by molar-refractivity contribution is 5.96. The van der Waals surface area contributed by atoms with Gasteiger partial charge in [0.05, 0.1) is 18.5 Å². The first-order valence-electron chi connectivity index (χ1n) is 8.34. The summed E-state index contributed by atoms with van der Waals surface area (Å²) in [5, 5.41) is 17.0. The highest BCUT2D eigenvalue weighted by Crippen LogP contribution is 2.26. The van der Waals surface area contributed by atoms with Crippen molar-refractivity contribution in [2.45, 2.75) is 25.9 Å². The van der Waals surface area contributed by atoms with Crippen molar-refractivity contribution in [1.29, 1.82) is 0 Å². The molecular formula is C19H21N3O5. The van der Waals surface area contributed by atoms with Gasteiger partial charge in [0.2, 0.25) is 0 Å². The number of carbonyl (C=O) groups is 2. The number of methoxy groups -OCH3 is 1. The Kier molecular flexibility index (Phi) is 6.87. The fraction of sp³-hybridized carbons (Fsp3) is 0.263. The Bertz CT molecular complexity index is 823. The molecule has 1 atom stereocenters. The summed E-state index contributed by atoms with van der Waals surface area (Å²) in [6, 6.07) is 13.2. The fourth-order valence-corrected chi connectivity index (χ4v) is 2.46. The second-order valence-electron chi connectivity index (χ2n) is 5.98. The average molecular weight is 371 g/mol. The molecule has 0 saturated carbocycles. The molecule has 8 heteroatoms. The molecule has 0 fully saturated rings. The quantitative estimate of drug-likeness (QED) is 0.419. The molecule has 0 heterocycles. The van der Waals surface area contributed by atoms with Crippen molar-refractivity contribution in [1.82, 2.24) is 5.32 Å². The van der Waals surface area contributed by atoms with E-state index in [0.717, 1.165) is 5.56 Å². The van der Waals surface area contributed by atoms with E-state index in [4.69, 9.17) is 0 Å². The van der Waals surface area contributed by atoms with Crippen LogP contribution in [0.5, 0.6) is 0 Å². The number of nitro groups is 1. The number of hydrogen-bond donors (Lipinski definition) is 2. The molecule has 0 aromatic heterocycles. The molecule has 0 aliphatic rings. The smallest absolute Gasteiger partial charge is 0.307 e. The first kappa shape index (κ1) is 19.9. The molecule has 0 spiro atoms. The first-order valence-corrected chi connectivity index (χ1v) is 8.34. The van der Waals surface area contributed by atoms with E-state index < -0.39 is 22.8 Å². The van der Waals surface area contributed by atoms with Crippen molar-refractivity contribution >= 4 is 23.3 Å². The molecule has 8 nitrogen and oxygen atoms in total. The molecule has 142 valence electrons. The molecule has 2 aromatic carbocycles. The van der Waals surface area contributed by atoms with Crippen LogP contribution in [0.4, 0.5) is 11.4 Å². The van der Waals surface area contributed by atoms with Gasteiger partial charge in [0.25, 0.3) is 11.6 Å². The van der Waals surface area contributed by atoms with Gasteiger partial charge in [0.1, 0.15) is 5.69 Å². The van der Waals surface area contributed by atoms with Crippen molar-refractivity contribution in [3.63, 3.8) is 0 Å². The summed E-state index contributed by atoms with van der Waals surface area (Å²) >= 11 is 0. The van der Waals surface area contributed by atoms with E-state index in [0.29, 0.717) is 12.2 Å². The Morgan fingerprint density at radius 3 is 2.52 bits per heavy atom. The summed E-state index contributed by atoms with van der Waals surface area (Å²) in [4.78, 5) is 34.4. The summed E-state index contributed by atoms with van der Waals surface area (Å²) in [5.74, 6) is -0.946. The molecule has 0 bridgehead atoms. The van der Waals surface area contributed by atoms with Gasteiger partial charge >= 0.3 is 5.97 Å². The minimum absolute atomic E-state index is 0.0149. The van der Waals surface area contributed by atoms with Gasteiger partial charge in [-0.3, -0.25) is 19.7 Å². The van der Waals surface area contributed by atoms with Crippen molar-refractivity contribution in [2.75, 3.05) is 12.4 Å². The number of nitrogens with zero attached hydrogens (tertiary/aromatic N) is 1. The molecule has 2 aromatic rings. The molecule has 0 aliphatic carbocycles. The number of nitro benzene ring substituents is 1. The lowest BCUT2D eigenvalue weighted by Gasteiger charge is -2.13. The maximum atomic E-state index is 12.3. The van der Waals surface area contributed by atoms with Crippen LogP contribution in [0.1, 0.15) is 29.3 Å². The van der Waals surface area contributed by atoms with Crippen molar-refractivity contribution in [3.05, 3.63) is 69.8 Å². The van der Waals surface area contributed by atoms with Crippen LogP contribution >= 0.6 is 0 Å². The third-order valence-electron chi connectivity index (χ3n) is 3.86. The van der Waals surface area contributed by atoms with Gasteiger partial charge in [0.15, 0.2) is 0 Å². The normalized spacial score (nSPS) is 11.3. The number of amides is 1. The first-order chi connectivity index (χ1) is 12.9. The van der Waals surface area contributed by atoms with Crippen molar-refractivity contribution < 1.29 is 19.2 Å². The molecule has 0 aliphatic heterocycles. The number of benzene rings is 2. The summed E-state index contributed by atoms with van der Waals surface area (Å²) in [6.07, 6.45) is 0.0149. The lowest BCUT2D eigenvalue weighted by molar-refractivity contribution is -0.384. The topological polar surface area (TPSA) is 111 Å². The lowest BCUT2D eigenvalue weighted by Crippen LogP contribution is -2.34. The zero-order valence-electron chi connectivity index (χ0n) is 15.1. The molecule has 0 saturated heterocycles. The minimum atomic E-state index is -0.540. The van der Waals surface area contributed by atoms with Crippen LogP contribution in [0, 0.1) is 10.1 Å². The monoisotopic (exact) mass is 371 g/mol. The maximum Gasteiger partial charge on any atom is 0.307 e. The molecule has 1 amide bonds. The van der Waals surface area contributed by atoms with Crippen LogP contribution in [0.25, 0.3) is 0 Å². The van der Waals surface area contributed by atoms with Gasteiger partial charge in [-0.15, -0.1) is 0 Å². The number of nitrogens with one attached hydrogen (secondary N) is 2. The largest absolute Gasteiger partial charge is 0.469 e. The predicted octanol–water partition coefficient (Wildman–Crippen LogP) is 2.89. The highest BCUT2D eigenvalue weighted by atomic mass is 16.6. The average Bonchev–Trinajstić information content (AvgIpc) is 2.66. The summed E-state index contributed by atoms with van der Waals surface area (Å²) in [6.45, 7) is 2.07. The molecule has 0 radical (unpaired) electrons. The SMILES string of the molecule is COC(=O)CC(C)NC(=O)c1ccc(NCc2ccccc2)c([N+](=O)[O-])c1. The number of carbonyl (C=O) groups excluding carboxylic acids is 2. The highest BCUT2D eigenvalue weighted by Gasteiger charge is 2.19. The Morgan fingerprint density at radius 2 is 1.89 bits per heavy atom.